The zero-order chi connectivity index (χ0) is 29.9. The van der Waals surface area contributed by atoms with Crippen molar-refractivity contribution in [1.82, 2.24) is 0 Å². The molecule has 0 aliphatic rings. The van der Waals surface area contributed by atoms with E-state index in [1.165, 1.54) is 24.3 Å². The van der Waals surface area contributed by atoms with Gasteiger partial charge in [0.1, 0.15) is 23.0 Å². The standard InChI is InChI=1S/C34H34O8/c35-29-16-26(17-30(36)20-29)33(39)41-13-7-12-25(14-23-8-3-1-4-9-23)28(15-24-10-5-2-6-11-24)22-42-34(40)27-18-31(37)21-32(38)19-27/h1-6,8-11,16-21,25,28,35-38H,7,12-15,22H2/t25-,28+/m0/s1. The summed E-state index contributed by atoms with van der Waals surface area (Å²) < 4.78 is 11.1. The Morgan fingerprint density at radius 1 is 0.571 bits per heavy atom. The molecule has 0 unspecified atom stereocenters. The van der Waals surface area contributed by atoms with Gasteiger partial charge >= 0.3 is 11.9 Å². The summed E-state index contributed by atoms with van der Waals surface area (Å²) >= 11 is 0. The molecule has 0 bridgehead atoms. The molecule has 4 aromatic rings. The number of hydrogen-bond acceptors (Lipinski definition) is 8. The van der Waals surface area contributed by atoms with E-state index in [4.69, 9.17) is 9.47 Å². The van der Waals surface area contributed by atoms with Gasteiger partial charge in [0.2, 0.25) is 0 Å². The lowest BCUT2D eigenvalue weighted by atomic mass is 9.80. The number of ether oxygens (including phenoxy) is 2. The van der Waals surface area contributed by atoms with Crippen LogP contribution in [0.25, 0.3) is 0 Å². The number of rotatable bonds is 13. The molecule has 0 heterocycles. The third kappa shape index (κ3) is 9.02. The van der Waals surface area contributed by atoms with Crippen LogP contribution < -0.4 is 0 Å². The average molecular weight is 571 g/mol. The van der Waals surface area contributed by atoms with Gasteiger partial charge in [0, 0.05) is 18.1 Å². The number of phenols is 4. The highest BCUT2D eigenvalue weighted by Gasteiger charge is 2.25. The van der Waals surface area contributed by atoms with Crippen LogP contribution in [0.5, 0.6) is 23.0 Å². The molecule has 0 aliphatic heterocycles. The first-order valence-electron chi connectivity index (χ1n) is 13.7. The van der Waals surface area contributed by atoms with Gasteiger partial charge < -0.3 is 29.9 Å². The van der Waals surface area contributed by atoms with Crippen LogP contribution in [0.4, 0.5) is 0 Å². The summed E-state index contributed by atoms with van der Waals surface area (Å²) in [5.41, 5.74) is 2.31. The van der Waals surface area contributed by atoms with Gasteiger partial charge in [0.05, 0.1) is 24.3 Å². The molecule has 0 radical (unpaired) electrons. The van der Waals surface area contributed by atoms with Gasteiger partial charge in [-0.1, -0.05) is 60.7 Å². The number of esters is 2. The van der Waals surface area contributed by atoms with E-state index in [1.54, 1.807) is 0 Å². The van der Waals surface area contributed by atoms with Crippen LogP contribution in [-0.2, 0) is 22.3 Å². The predicted octanol–water partition coefficient (Wildman–Crippen LogP) is 6.02. The summed E-state index contributed by atoms with van der Waals surface area (Å²) in [6, 6.07) is 27.1. The van der Waals surface area contributed by atoms with Crippen molar-refractivity contribution in [1.29, 1.82) is 0 Å². The molecule has 8 nitrogen and oxygen atoms in total. The fourth-order valence-electron chi connectivity index (χ4n) is 4.99. The van der Waals surface area contributed by atoms with E-state index < -0.39 is 11.9 Å². The maximum atomic E-state index is 12.9. The van der Waals surface area contributed by atoms with Gasteiger partial charge in [-0.3, -0.25) is 0 Å². The Balaban J connectivity index is 1.48. The van der Waals surface area contributed by atoms with Crippen molar-refractivity contribution in [3.8, 4) is 23.0 Å². The van der Waals surface area contributed by atoms with Gasteiger partial charge in [-0.15, -0.1) is 0 Å². The third-order valence-corrected chi connectivity index (χ3v) is 7.01. The quantitative estimate of drug-likeness (QED) is 0.113. The Kier molecular flexibility index (Phi) is 10.4. The number of phenolic OH excluding ortho intramolecular Hbond substituents is 4. The van der Waals surface area contributed by atoms with Crippen LogP contribution in [0.1, 0.15) is 44.7 Å². The zero-order valence-corrected chi connectivity index (χ0v) is 23.1. The largest absolute Gasteiger partial charge is 0.508 e. The summed E-state index contributed by atoms with van der Waals surface area (Å²) in [4.78, 5) is 25.3. The minimum Gasteiger partial charge on any atom is -0.508 e. The van der Waals surface area contributed by atoms with Crippen molar-refractivity contribution < 1.29 is 39.5 Å². The number of benzene rings is 4. The maximum Gasteiger partial charge on any atom is 0.338 e. The van der Waals surface area contributed by atoms with Gasteiger partial charge in [-0.2, -0.15) is 0 Å². The highest BCUT2D eigenvalue weighted by atomic mass is 16.5. The second kappa shape index (κ2) is 14.6. The normalized spacial score (nSPS) is 12.3. The molecule has 0 aromatic heterocycles. The molecule has 4 rings (SSSR count). The smallest absolute Gasteiger partial charge is 0.338 e. The monoisotopic (exact) mass is 570 g/mol. The van der Waals surface area contributed by atoms with E-state index in [9.17, 15) is 30.0 Å². The molecule has 0 amide bonds. The first kappa shape index (κ1) is 30.0. The minimum absolute atomic E-state index is 0.0431. The summed E-state index contributed by atoms with van der Waals surface area (Å²) in [6.45, 7) is 0.227. The first-order chi connectivity index (χ1) is 20.3. The molecule has 0 spiro atoms. The van der Waals surface area contributed by atoms with Crippen molar-refractivity contribution in [2.45, 2.75) is 25.7 Å². The molecule has 0 fully saturated rings. The van der Waals surface area contributed by atoms with E-state index in [0.717, 1.165) is 23.3 Å². The Bertz CT molecular complexity index is 1430. The fraction of sp³-hybridized carbons (Fsp3) is 0.235. The van der Waals surface area contributed by atoms with E-state index in [0.29, 0.717) is 25.7 Å². The van der Waals surface area contributed by atoms with E-state index in [-0.39, 0.29) is 59.2 Å². The Labute approximate surface area is 244 Å². The maximum absolute atomic E-state index is 12.9. The molecule has 4 N–H and O–H groups in total. The van der Waals surface area contributed by atoms with Crippen molar-refractivity contribution in [3.63, 3.8) is 0 Å². The lowest BCUT2D eigenvalue weighted by Gasteiger charge is -2.28. The summed E-state index contributed by atoms with van der Waals surface area (Å²) in [7, 11) is 0. The van der Waals surface area contributed by atoms with E-state index in [1.807, 2.05) is 60.7 Å². The highest BCUT2D eigenvalue weighted by Crippen LogP contribution is 2.28. The lowest BCUT2D eigenvalue weighted by molar-refractivity contribution is 0.0361. The van der Waals surface area contributed by atoms with Crippen LogP contribution in [0.2, 0.25) is 0 Å². The van der Waals surface area contributed by atoms with E-state index >= 15 is 0 Å². The molecule has 0 saturated carbocycles. The number of aromatic hydroxyl groups is 4. The van der Waals surface area contributed by atoms with Crippen LogP contribution in [0, 0.1) is 11.8 Å². The number of hydrogen-bond donors (Lipinski definition) is 4. The second-order valence-corrected chi connectivity index (χ2v) is 10.3. The van der Waals surface area contributed by atoms with Crippen molar-refractivity contribution in [3.05, 3.63) is 119 Å². The van der Waals surface area contributed by atoms with Crippen molar-refractivity contribution in [2.75, 3.05) is 13.2 Å². The Morgan fingerprint density at radius 2 is 1.00 bits per heavy atom. The third-order valence-electron chi connectivity index (χ3n) is 7.01. The molecule has 42 heavy (non-hydrogen) atoms. The van der Waals surface area contributed by atoms with Crippen LogP contribution in [0.15, 0.2) is 97.1 Å². The van der Waals surface area contributed by atoms with Crippen LogP contribution in [0.3, 0.4) is 0 Å². The predicted molar refractivity (Wildman–Crippen MR) is 157 cm³/mol. The fourth-order valence-corrected chi connectivity index (χ4v) is 4.99. The van der Waals surface area contributed by atoms with Gasteiger partial charge in [0.25, 0.3) is 0 Å². The molecular weight excluding hydrogens is 536 g/mol. The molecule has 0 saturated heterocycles. The summed E-state index contributed by atoms with van der Waals surface area (Å²) in [5, 5.41) is 38.9. The minimum atomic E-state index is -0.652. The van der Waals surface area contributed by atoms with Crippen molar-refractivity contribution in [2.24, 2.45) is 11.8 Å². The van der Waals surface area contributed by atoms with Crippen LogP contribution in [-0.4, -0.2) is 45.6 Å². The van der Waals surface area contributed by atoms with E-state index in [2.05, 4.69) is 0 Å². The Morgan fingerprint density at radius 3 is 1.48 bits per heavy atom. The summed E-state index contributed by atoms with van der Waals surface area (Å²) in [6.07, 6.45) is 2.54. The molecule has 218 valence electrons. The van der Waals surface area contributed by atoms with Gasteiger partial charge in [-0.05, 0) is 67.0 Å². The van der Waals surface area contributed by atoms with Crippen molar-refractivity contribution >= 4 is 11.9 Å². The number of carbonyl (C=O) groups is 2. The molecule has 0 aliphatic carbocycles. The first-order valence-corrected chi connectivity index (χ1v) is 13.7. The van der Waals surface area contributed by atoms with Crippen LogP contribution >= 0.6 is 0 Å². The topological polar surface area (TPSA) is 134 Å². The van der Waals surface area contributed by atoms with Gasteiger partial charge in [0.15, 0.2) is 0 Å². The molecule has 4 aromatic carbocycles. The molecule has 2 atom stereocenters. The lowest BCUT2D eigenvalue weighted by Crippen LogP contribution is -2.26. The summed E-state index contributed by atoms with van der Waals surface area (Å²) in [5.74, 6) is -2.29. The second-order valence-electron chi connectivity index (χ2n) is 10.3. The highest BCUT2D eigenvalue weighted by molar-refractivity contribution is 5.91. The molecule has 8 heteroatoms. The number of carbonyl (C=O) groups excluding carboxylic acids is 2. The molecular formula is C34H34O8. The van der Waals surface area contributed by atoms with Gasteiger partial charge in [-0.25, -0.2) is 9.59 Å². The average Bonchev–Trinajstić information content (AvgIpc) is 2.96. The Hall–Kier alpha value is -4.98. The zero-order valence-electron chi connectivity index (χ0n) is 23.1. The SMILES string of the molecule is O=C(OCCC[C@@H](Cc1ccccc1)[C@@H](COC(=O)c1cc(O)cc(O)c1)Cc1ccccc1)c1cc(O)cc(O)c1.